The van der Waals surface area contributed by atoms with Gasteiger partial charge in [-0.1, -0.05) is 83.1 Å². The summed E-state index contributed by atoms with van der Waals surface area (Å²) in [6, 6.07) is 7.23. The van der Waals surface area contributed by atoms with Gasteiger partial charge in [0.05, 0.1) is 11.4 Å². The Balaban J connectivity index is 1.49. The molecule has 0 unspecified atom stereocenters. The van der Waals surface area contributed by atoms with Gasteiger partial charge in [-0.2, -0.15) is 0 Å². The summed E-state index contributed by atoms with van der Waals surface area (Å²) in [5.74, 6) is -0.982. The van der Waals surface area contributed by atoms with Crippen LogP contribution in [0.15, 0.2) is 24.3 Å². The van der Waals surface area contributed by atoms with E-state index in [4.69, 9.17) is 0 Å². The van der Waals surface area contributed by atoms with Gasteiger partial charge in [-0.3, -0.25) is 29.0 Å². The van der Waals surface area contributed by atoms with Gasteiger partial charge in [0, 0.05) is 23.7 Å². The van der Waals surface area contributed by atoms with Gasteiger partial charge in [0.15, 0.2) is 0 Å². The third-order valence-corrected chi connectivity index (χ3v) is 10.0. The SMILES string of the molecule is O=C(C1CCCCC1)N(C(=O)C1CCCCC1)c1cccc(N(C(=O)C2CCCCC2)C(=O)C2CCCCC2)c1. The second kappa shape index (κ2) is 13.9. The van der Waals surface area contributed by atoms with E-state index in [0.29, 0.717) is 11.4 Å². The molecule has 0 spiro atoms. The van der Waals surface area contributed by atoms with Gasteiger partial charge in [0.2, 0.25) is 23.6 Å². The summed E-state index contributed by atoms with van der Waals surface area (Å²) in [5, 5.41) is 0. The average molecular weight is 549 g/mol. The number of imide groups is 2. The number of nitrogens with zero attached hydrogens (tertiary/aromatic N) is 2. The lowest BCUT2D eigenvalue weighted by molar-refractivity contribution is -0.133. The van der Waals surface area contributed by atoms with E-state index >= 15 is 0 Å². The fraction of sp³-hybridized carbons (Fsp3) is 0.706. The van der Waals surface area contributed by atoms with Crippen molar-refractivity contribution in [2.45, 2.75) is 128 Å². The lowest BCUT2D eigenvalue weighted by atomic mass is 9.85. The van der Waals surface area contributed by atoms with E-state index in [1.165, 1.54) is 9.80 Å². The van der Waals surface area contributed by atoms with Crippen molar-refractivity contribution < 1.29 is 19.2 Å². The molecule has 6 nitrogen and oxygen atoms in total. The number of benzene rings is 1. The van der Waals surface area contributed by atoms with E-state index in [-0.39, 0.29) is 47.3 Å². The molecule has 0 saturated heterocycles. The molecule has 0 N–H and O–H groups in total. The molecule has 0 aliphatic heterocycles. The molecule has 1 aromatic carbocycles. The number of hydrogen-bond donors (Lipinski definition) is 0. The molecule has 4 fully saturated rings. The van der Waals surface area contributed by atoms with Crippen LogP contribution >= 0.6 is 0 Å². The monoisotopic (exact) mass is 548 g/mol. The van der Waals surface area contributed by atoms with E-state index in [2.05, 4.69) is 0 Å². The summed E-state index contributed by atoms with van der Waals surface area (Å²) in [6.07, 6.45) is 19.2. The van der Waals surface area contributed by atoms with Gasteiger partial charge in [0.25, 0.3) is 0 Å². The lowest BCUT2D eigenvalue weighted by Gasteiger charge is -2.34. The van der Waals surface area contributed by atoms with E-state index in [9.17, 15) is 19.2 Å². The van der Waals surface area contributed by atoms with Gasteiger partial charge in [-0.05, 0) is 69.6 Å². The topological polar surface area (TPSA) is 74.8 Å². The van der Waals surface area contributed by atoms with E-state index in [0.717, 1.165) is 128 Å². The van der Waals surface area contributed by atoms with Crippen LogP contribution in [0.1, 0.15) is 128 Å². The highest BCUT2D eigenvalue weighted by atomic mass is 16.2. The zero-order valence-electron chi connectivity index (χ0n) is 24.3. The molecule has 0 radical (unpaired) electrons. The van der Waals surface area contributed by atoms with Gasteiger partial charge < -0.3 is 0 Å². The van der Waals surface area contributed by atoms with Crippen LogP contribution in [-0.2, 0) is 19.2 Å². The largest absolute Gasteiger partial charge is 0.274 e. The normalized spacial score (nSPS) is 22.0. The first-order valence-electron chi connectivity index (χ1n) is 16.4. The van der Waals surface area contributed by atoms with Gasteiger partial charge in [0.1, 0.15) is 0 Å². The predicted octanol–water partition coefficient (Wildman–Crippen LogP) is 7.73. The number of amides is 4. The Morgan fingerprint density at radius 1 is 0.425 bits per heavy atom. The first kappa shape index (κ1) is 29.0. The Kier molecular flexibility index (Phi) is 10.1. The average Bonchev–Trinajstić information content (AvgIpc) is 3.03. The van der Waals surface area contributed by atoms with Crippen molar-refractivity contribution in [3.63, 3.8) is 0 Å². The van der Waals surface area contributed by atoms with Crippen LogP contribution in [0.2, 0.25) is 0 Å². The highest BCUT2D eigenvalue weighted by molar-refractivity contribution is 6.19. The maximum atomic E-state index is 14.0. The highest BCUT2D eigenvalue weighted by Crippen LogP contribution is 2.36. The molecule has 40 heavy (non-hydrogen) atoms. The second-order valence-electron chi connectivity index (χ2n) is 12.9. The second-order valence-corrected chi connectivity index (χ2v) is 12.9. The highest BCUT2D eigenvalue weighted by Gasteiger charge is 2.38. The Labute approximate surface area is 240 Å². The Morgan fingerprint density at radius 2 is 0.675 bits per heavy atom. The van der Waals surface area contributed by atoms with E-state index in [1.54, 1.807) is 6.07 Å². The van der Waals surface area contributed by atoms with Crippen molar-refractivity contribution in [3.8, 4) is 0 Å². The molecule has 0 atom stereocenters. The van der Waals surface area contributed by atoms with E-state index in [1.807, 2.05) is 18.2 Å². The number of rotatable bonds is 6. The fourth-order valence-electron chi connectivity index (χ4n) is 7.63. The maximum absolute atomic E-state index is 14.0. The van der Waals surface area contributed by atoms with Crippen LogP contribution in [0, 0.1) is 23.7 Å². The first-order chi connectivity index (χ1) is 19.5. The number of anilines is 2. The van der Waals surface area contributed by atoms with Crippen molar-refractivity contribution >= 4 is 35.0 Å². The van der Waals surface area contributed by atoms with Gasteiger partial charge in [-0.25, -0.2) is 0 Å². The van der Waals surface area contributed by atoms with Crippen LogP contribution in [-0.4, -0.2) is 23.6 Å². The summed E-state index contributed by atoms with van der Waals surface area (Å²) in [5.41, 5.74) is 1.03. The predicted molar refractivity (Wildman–Crippen MR) is 158 cm³/mol. The Hall–Kier alpha value is -2.50. The Morgan fingerprint density at radius 3 is 0.925 bits per heavy atom. The minimum atomic E-state index is -0.145. The van der Waals surface area contributed by atoms with Crippen LogP contribution in [0.25, 0.3) is 0 Å². The van der Waals surface area contributed by atoms with Crippen LogP contribution < -0.4 is 9.80 Å². The van der Waals surface area contributed by atoms with Crippen LogP contribution in [0.4, 0.5) is 11.4 Å². The van der Waals surface area contributed by atoms with Crippen LogP contribution in [0.3, 0.4) is 0 Å². The molecular weight excluding hydrogens is 500 g/mol. The Bertz CT molecular complexity index is 905. The zero-order valence-corrected chi connectivity index (χ0v) is 24.3. The molecular formula is C34H48N2O4. The molecule has 4 amide bonds. The number of carbonyl (C=O) groups is 4. The third-order valence-electron chi connectivity index (χ3n) is 10.0. The molecule has 6 heteroatoms. The minimum Gasteiger partial charge on any atom is -0.274 e. The molecule has 4 aliphatic carbocycles. The number of hydrogen-bond acceptors (Lipinski definition) is 4. The molecule has 0 heterocycles. The molecule has 4 aliphatic rings. The minimum absolute atomic E-state index is 0.101. The first-order valence-corrected chi connectivity index (χ1v) is 16.4. The smallest absolute Gasteiger partial charge is 0.236 e. The summed E-state index contributed by atoms with van der Waals surface area (Å²) in [4.78, 5) is 58.8. The van der Waals surface area contributed by atoms with Crippen molar-refractivity contribution in [2.24, 2.45) is 23.7 Å². The standard InChI is InChI=1S/C34H48N2O4/c37-31(25-14-5-1-6-15-25)35(32(38)26-16-7-2-8-17-26)29-22-13-23-30(24-29)36(33(39)27-18-9-3-10-19-27)34(40)28-20-11-4-12-21-28/h13,22-28H,1-12,14-21H2. The van der Waals surface area contributed by atoms with Crippen molar-refractivity contribution in [3.05, 3.63) is 24.3 Å². The lowest BCUT2D eigenvalue weighted by Crippen LogP contribution is -2.46. The van der Waals surface area contributed by atoms with E-state index < -0.39 is 0 Å². The molecule has 0 aromatic heterocycles. The third kappa shape index (κ3) is 6.69. The summed E-state index contributed by atoms with van der Waals surface area (Å²) in [6.45, 7) is 0. The molecule has 0 bridgehead atoms. The molecule has 5 rings (SSSR count). The molecule has 4 saturated carbocycles. The van der Waals surface area contributed by atoms with Crippen molar-refractivity contribution in [1.82, 2.24) is 0 Å². The summed E-state index contributed by atoms with van der Waals surface area (Å²) in [7, 11) is 0. The van der Waals surface area contributed by atoms with Gasteiger partial charge in [-0.15, -0.1) is 0 Å². The van der Waals surface area contributed by atoms with Crippen molar-refractivity contribution in [2.75, 3.05) is 9.80 Å². The van der Waals surface area contributed by atoms with Gasteiger partial charge >= 0.3 is 0 Å². The van der Waals surface area contributed by atoms with Crippen LogP contribution in [0.5, 0.6) is 0 Å². The molecule has 218 valence electrons. The zero-order chi connectivity index (χ0) is 27.9. The quantitative estimate of drug-likeness (QED) is 0.341. The summed E-state index contributed by atoms with van der Waals surface area (Å²) >= 11 is 0. The maximum Gasteiger partial charge on any atom is 0.236 e. The van der Waals surface area contributed by atoms with Crippen molar-refractivity contribution in [1.29, 1.82) is 0 Å². The summed E-state index contributed by atoms with van der Waals surface area (Å²) < 4.78 is 0. The molecule has 1 aromatic rings. The number of carbonyl (C=O) groups excluding carboxylic acids is 4. The fourth-order valence-corrected chi connectivity index (χ4v) is 7.63.